The fourth-order valence-electron chi connectivity index (χ4n) is 2.76. The fourth-order valence-corrected chi connectivity index (χ4v) is 3.33. The summed E-state index contributed by atoms with van der Waals surface area (Å²) in [6.07, 6.45) is 3.56. The van der Waals surface area contributed by atoms with Crippen molar-refractivity contribution < 1.29 is 8.42 Å². The van der Waals surface area contributed by atoms with E-state index in [0.29, 0.717) is 12.6 Å². The van der Waals surface area contributed by atoms with Crippen LogP contribution in [0.15, 0.2) is 24.3 Å². The van der Waals surface area contributed by atoms with Crippen LogP contribution in [-0.2, 0) is 9.84 Å². The molecular weight excluding hydrogens is 272 g/mol. The molecule has 1 aliphatic heterocycles. The van der Waals surface area contributed by atoms with Gasteiger partial charge in [-0.15, -0.1) is 0 Å². The zero-order valence-electron chi connectivity index (χ0n) is 12.5. The molecule has 1 fully saturated rings. The van der Waals surface area contributed by atoms with Crippen LogP contribution < -0.4 is 4.90 Å². The van der Waals surface area contributed by atoms with Crippen molar-refractivity contribution in [1.82, 2.24) is 4.90 Å². The Labute approximate surface area is 122 Å². The van der Waals surface area contributed by atoms with Crippen molar-refractivity contribution in [3.05, 3.63) is 29.8 Å². The van der Waals surface area contributed by atoms with Crippen LogP contribution in [0.2, 0.25) is 0 Å². The van der Waals surface area contributed by atoms with E-state index in [1.807, 2.05) is 14.1 Å². The first-order valence-corrected chi connectivity index (χ1v) is 9.12. The Morgan fingerprint density at radius 2 is 2.10 bits per heavy atom. The van der Waals surface area contributed by atoms with Crippen molar-refractivity contribution in [3.63, 3.8) is 0 Å². The molecule has 1 heterocycles. The second-order valence-corrected chi connectivity index (χ2v) is 8.07. The lowest BCUT2D eigenvalue weighted by atomic mass is 10.0. The molecule has 0 aliphatic carbocycles. The molecule has 0 unspecified atom stereocenters. The largest absolute Gasteiger partial charge is 0.378 e. The maximum Gasteiger partial charge on any atom is 0.148 e. The topological polar surface area (TPSA) is 40.6 Å². The Morgan fingerprint density at radius 3 is 2.75 bits per heavy atom. The first-order chi connectivity index (χ1) is 9.37. The molecular formula is C15H24N2O2S. The van der Waals surface area contributed by atoms with E-state index in [-0.39, 0.29) is 5.75 Å². The average molecular weight is 296 g/mol. The summed E-state index contributed by atoms with van der Waals surface area (Å²) in [4.78, 5) is 4.40. The molecule has 1 atom stereocenters. The fraction of sp³-hybridized carbons (Fsp3) is 0.600. The molecule has 0 aromatic heterocycles. The summed E-state index contributed by atoms with van der Waals surface area (Å²) < 4.78 is 22.7. The number of anilines is 1. The average Bonchev–Trinajstić information content (AvgIpc) is 2.84. The zero-order valence-corrected chi connectivity index (χ0v) is 13.4. The third-order valence-corrected chi connectivity index (χ3v) is 4.81. The lowest BCUT2D eigenvalue weighted by Gasteiger charge is -2.25. The molecule has 20 heavy (non-hydrogen) atoms. The van der Waals surface area contributed by atoms with E-state index >= 15 is 0 Å². The van der Waals surface area contributed by atoms with Crippen molar-refractivity contribution in [2.45, 2.75) is 18.9 Å². The number of nitrogens with zero attached hydrogens (tertiary/aromatic N) is 2. The highest BCUT2D eigenvalue weighted by Gasteiger charge is 2.26. The van der Waals surface area contributed by atoms with Gasteiger partial charge in [-0.05, 0) is 37.1 Å². The Morgan fingerprint density at radius 1 is 1.35 bits per heavy atom. The quantitative estimate of drug-likeness (QED) is 0.832. The second-order valence-electron chi connectivity index (χ2n) is 5.81. The second kappa shape index (κ2) is 6.14. The maximum absolute atomic E-state index is 11.3. The molecule has 0 spiro atoms. The summed E-state index contributed by atoms with van der Waals surface area (Å²) in [7, 11) is 1.19. The molecule has 1 aliphatic rings. The van der Waals surface area contributed by atoms with Gasteiger partial charge in [-0.1, -0.05) is 12.1 Å². The third kappa shape index (κ3) is 3.96. The Hall–Kier alpha value is -1.07. The summed E-state index contributed by atoms with van der Waals surface area (Å²) in [5.74, 6) is 0.247. The predicted molar refractivity (Wildman–Crippen MR) is 84.0 cm³/mol. The van der Waals surface area contributed by atoms with E-state index in [2.05, 4.69) is 34.1 Å². The van der Waals surface area contributed by atoms with Gasteiger partial charge in [0.2, 0.25) is 0 Å². The SMILES string of the molecule is CN(C)c1cccc([C@@H]2CCCN2CCS(C)(=O)=O)c1. The number of hydrogen-bond acceptors (Lipinski definition) is 4. The summed E-state index contributed by atoms with van der Waals surface area (Å²) in [6.45, 7) is 1.63. The molecule has 0 saturated carbocycles. The Balaban J connectivity index is 2.12. The van der Waals surface area contributed by atoms with Gasteiger partial charge < -0.3 is 4.90 Å². The van der Waals surface area contributed by atoms with E-state index < -0.39 is 9.84 Å². The molecule has 1 saturated heterocycles. The smallest absolute Gasteiger partial charge is 0.148 e. The van der Waals surface area contributed by atoms with Crippen LogP contribution in [0.5, 0.6) is 0 Å². The van der Waals surface area contributed by atoms with E-state index in [4.69, 9.17) is 0 Å². The lowest BCUT2D eigenvalue weighted by Crippen LogP contribution is -2.29. The molecule has 4 nitrogen and oxygen atoms in total. The van der Waals surface area contributed by atoms with E-state index in [1.54, 1.807) is 0 Å². The van der Waals surface area contributed by atoms with Crippen LogP contribution in [0.1, 0.15) is 24.4 Å². The summed E-state index contributed by atoms with van der Waals surface area (Å²) in [5.41, 5.74) is 2.49. The molecule has 5 heteroatoms. The van der Waals surface area contributed by atoms with Gasteiger partial charge in [0.15, 0.2) is 0 Å². The minimum Gasteiger partial charge on any atom is -0.378 e. The van der Waals surface area contributed by atoms with Crippen LogP contribution >= 0.6 is 0 Å². The van der Waals surface area contributed by atoms with Gasteiger partial charge in [0, 0.05) is 38.6 Å². The first kappa shape index (κ1) is 15.3. The Kier molecular flexibility index (Phi) is 4.70. The van der Waals surface area contributed by atoms with Crippen LogP contribution in [0.25, 0.3) is 0 Å². The predicted octanol–water partition coefficient (Wildman–Crippen LogP) is 1.93. The number of benzene rings is 1. The van der Waals surface area contributed by atoms with Crippen LogP contribution in [0, 0.1) is 0 Å². The summed E-state index contributed by atoms with van der Waals surface area (Å²) in [5, 5.41) is 0. The van der Waals surface area contributed by atoms with Crippen molar-refractivity contribution in [2.75, 3.05) is 44.1 Å². The van der Waals surface area contributed by atoms with Gasteiger partial charge >= 0.3 is 0 Å². The van der Waals surface area contributed by atoms with Gasteiger partial charge in [-0.25, -0.2) is 8.42 Å². The number of likely N-dealkylation sites (tertiary alicyclic amines) is 1. The van der Waals surface area contributed by atoms with Crippen molar-refractivity contribution in [2.24, 2.45) is 0 Å². The standard InChI is InChI=1S/C15H24N2O2S/c1-16(2)14-7-4-6-13(12-14)15-8-5-9-17(15)10-11-20(3,18)19/h4,6-7,12,15H,5,8-11H2,1-3H3/t15-/m0/s1. The molecule has 112 valence electrons. The van der Waals surface area contributed by atoms with Gasteiger partial charge in [0.25, 0.3) is 0 Å². The normalized spacial score (nSPS) is 20.2. The minimum atomic E-state index is -2.89. The van der Waals surface area contributed by atoms with Crippen LogP contribution in [0.3, 0.4) is 0 Å². The molecule has 0 bridgehead atoms. The van der Waals surface area contributed by atoms with Crippen LogP contribution in [-0.4, -0.2) is 52.5 Å². The van der Waals surface area contributed by atoms with Crippen molar-refractivity contribution in [1.29, 1.82) is 0 Å². The monoisotopic (exact) mass is 296 g/mol. The maximum atomic E-state index is 11.3. The van der Waals surface area contributed by atoms with E-state index in [9.17, 15) is 8.42 Å². The minimum absolute atomic E-state index is 0.247. The van der Waals surface area contributed by atoms with Crippen LogP contribution in [0.4, 0.5) is 5.69 Å². The van der Waals surface area contributed by atoms with Crippen molar-refractivity contribution >= 4 is 15.5 Å². The highest BCUT2D eigenvalue weighted by molar-refractivity contribution is 7.90. The molecule has 2 rings (SSSR count). The highest BCUT2D eigenvalue weighted by atomic mass is 32.2. The van der Waals surface area contributed by atoms with E-state index in [1.165, 1.54) is 17.5 Å². The number of sulfone groups is 1. The molecule has 0 amide bonds. The summed E-state index contributed by atoms with van der Waals surface area (Å²) >= 11 is 0. The van der Waals surface area contributed by atoms with Gasteiger partial charge in [-0.3, -0.25) is 4.90 Å². The third-order valence-electron chi connectivity index (χ3n) is 3.88. The molecule has 1 aromatic rings. The molecule has 1 aromatic carbocycles. The number of hydrogen-bond donors (Lipinski definition) is 0. The lowest BCUT2D eigenvalue weighted by molar-refractivity contribution is 0.272. The van der Waals surface area contributed by atoms with Gasteiger partial charge in [-0.2, -0.15) is 0 Å². The summed E-state index contributed by atoms with van der Waals surface area (Å²) in [6, 6.07) is 8.90. The Bertz CT molecular complexity index is 555. The highest BCUT2D eigenvalue weighted by Crippen LogP contribution is 2.33. The van der Waals surface area contributed by atoms with E-state index in [0.717, 1.165) is 19.4 Å². The van der Waals surface area contributed by atoms with Gasteiger partial charge in [0.1, 0.15) is 9.84 Å². The van der Waals surface area contributed by atoms with Crippen molar-refractivity contribution in [3.8, 4) is 0 Å². The molecule has 0 radical (unpaired) electrons. The number of rotatable bonds is 5. The zero-order chi connectivity index (χ0) is 14.8. The molecule has 0 N–H and O–H groups in total. The first-order valence-electron chi connectivity index (χ1n) is 7.06. The van der Waals surface area contributed by atoms with Gasteiger partial charge in [0.05, 0.1) is 5.75 Å².